The minimum absolute atomic E-state index is 0.289. The highest BCUT2D eigenvalue weighted by atomic mass is 35.5. The number of nitrogens with one attached hydrogen (secondary N) is 1. The van der Waals surface area contributed by atoms with E-state index in [1.807, 2.05) is 14.0 Å². The SMILES string of the molecule is CCCNC(Cc1c(C)nn(C)c1Cl)C(OCC)C1CC1. The fourth-order valence-electron chi connectivity index (χ4n) is 2.96. The van der Waals surface area contributed by atoms with Gasteiger partial charge in [-0.2, -0.15) is 5.10 Å². The monoisotopic (exact) mass is 313 g/mol. The summed E-state index contributed by atoms with van der Waals surface area (Å²) in [5.74, 6) is 0.704. The van der Waals surface area contributed by atoms with Crippen molar-refractivity contribution in [3.05, 3.63) is 16.4 Å². The van der Waals surface area contributed by atoms with Crippen LogP contribution in [0.15, 0.2) is 0 Å². The first-order valence-corrected chi connectivity index (χ1v) is 8.49. The van der Waals surface area contributed by atoms with Gasteiger partial charge in [-0.15, -0.1) is 0 Å². The Hall–Kier alpha value is -0.580. The molecule has 0 radical (unpaired) electrons. The molecule has 0 saturated heterocycles. The molecule has 5 heteroatoms. The molecule has 1 aliphatic rings. The van der Waals surface area contributed by atoms with Crippen molar-refractivity contribution >= 4 is 11.6 Å². The average Bonchev–Trinajstić information content (AvgIpc) is 3.25. The smallest absolute Gasteiger partial charge is 0.130 e. The molecule has 0 bridgehead atoms. The number of aromatic nitrogens is 2. The fourth-order valence-corrected chi connectivity index (χ4v) is 3.21. The van der Waals surface area contributed by atoms with Gasteiger partial charge in [0.15, 0.2) is 0 Å². The second kappa shape index (κ2) is 7.61. The number of ether oxygens (including phenoxy) is 1. The predicted molar refractivity (Wildman–Crippen MR) is 86.9 cm³/mol. The highest BCUT2D eigenvalue weighted by molar-refractivity contribution is 6.30. The molecule has 1 aromatic rings. The van der Waals surface area contributed by atoms with Crippen molar-refractivity contribution in [2.75, 3.05) is 13.2 Å². The Morgan fingerprint density at radius 1 is 1.43 bits per heavy atom. The van der Waals surface area contributed by atoms with E-state index in [0.29, 0.717) is 12.0 Å². The Morgan fingerprint density at radius 3 is 2.62 bits per heavy atom. The van der Waals surface area contributed by atoms with Crippen molar-refractivity contribution in [1.29, 1.82) is 0 Å². The number of hydrogen-bond donors (Lipinski definition) is 1. The second-order valence-corrected chi connectivity index (χ2v) is 6.36. The molecule has 2 unspecified atom stereocenters. The van der Waals surface area contributed by atoms with Crippen LogP contribution in [0.2, 0.25) is 5.15 Å². The molecule has 1 saturated carbocycles. The van der Waals surface area contributed by atoms with Crippen LogP contribution in [0.25, 0.3) is 0 Å². The minimum atomic E-state index is 0.289. The van der Waals surface area contributed by atoms with Crippen molar-refractivity contribution in [3.8, 4) is 0 Å². The lowest BCUT2D eigenvalue weighted by atomic mass is 9.98. The van der Waals surface area contributed by atoms with Crippen LogP contribution >= 0.6 is 11.6 Å². The normalized spacial score (nSPS) is 18.0. The zero-order valence-corrected chi connectivity index (χ0v) is 14.4. The molecule has 0 aliphatic heterocycles. The molecule has 4 nitrogen and oxygen atoms in total. The van der Waals surface area contributed by atoms with Gasteiger partial charge in [0.1, 0.15) is 5.15 Å². The van der Waals surface area contributed by atoms with E-state index < -0.39 is 0 Å². The van der Waals surface area contributed by atoms with Crippen molar-refractivity contribution in [2.45, 2.75) is 58.6 Å². The van der Waals surface area contributed by atoms with Crippen molar-refractivity contribution < 1.29 is 4.74 Å². The quantitative estimate of drug-likeness (QED) is 0.761. The maximum atomic E-state index is 6.40. The summed E-state index contributed by atoms with van der Waals surface area (Å²) < 4.78 is 7.81. The van der Waals surface area contributed by atoms with Crippen molar-refractivity contribution in [1.82, 2.24) is 15.1 Å². The Balaban J connectivity index is 2.14. The van der Waals surface area contributed by atoms with E-state index in [2.05, 4.69) is 24.3 Å². The molecule has 21 heavy (non-hydrogen) atoms. The molecule has 1 fully saturated rings. The second-order valence-electron chi connectivity index (χ2n) is 6.00. The van der Waals surface area contributed by atoms with E-state index in [-0.39, 0.29) is 6.10 Å². The Labute approximate surface area is 133 Å². The molecule has 120 valence electrons. The van der Waals surface area contributed by atoms with Crippen molar-refractivity contribution in [2.24, 2.45) is 13.0 Å². The Morgan fingerprint density at radius 2 is 2.14 bits per heavy atom. The molecule has 1 heterocycles. The first kappa shape index (κ1) is 16.8. The third kappa shape index (κ3) is 4.21. The summed E-state index contributed by atoms with van der Waals surface area (Å²) in [6, 6.07) is 0.317. The van der Waals surface area contributed by atoms with Gasteiger partial charge in [0.25, 0.3) is 0 Å². The number of nitrogens with zero attached hydrogens (tertiary/aromatic N) is 2. The summed E-state index contributed by atoms with van der Waals surface area (Å²) in [5, 5.41) is 8.84. The van der Waals surface area contributed by atoms with Gasteiger partial charge in [-0.3, -0.25) is 4.68 Å². The highest BCUT2D eigenvalue weighted by Gasteiger charge is 2.37. The molecule has 0 amide bonds. The zero-order chi connectivity index (χ0) is 15.4. The van der Waals surface area contributed by atoms with E-state index in [9.17, 15) is 0 Å². The van der Waals surface area contributed by atoms with Crippen LogP contribution in [0.1, 0.15) is 44.4 Å². The lowest BCUT2D eigenvalue weighted by Gasteiger charge is -2.28. The van der Waals surface area contributed by atoms with E-state index in [4.69, 9.17) is 16.3 Å². The summed E-state index contributed by atoms with van der Waals surface area (Å²) in [6.07, 6.45) is 4.88. The van der Waals surface area contributed by atoms with E-state index in [0.717, 1.165) is 42.4 Å². The molecular weight excluding hydrogens is 286 g/mol. The Kier molecular flexibility index (Phi) is 6.08. The van der Waals surface area contributed by atoms with Gasteiger partial charge in [0.05, 0.1) is 11.8 Å². The summed E-state index contributed by atoms with van der Waals surface area (Å²) in [7, 11) is 1.90. The maximum Gasteiger partial charge on any atom is 0.130 e. The molecule has 0 spiro atoms. The van der Waals surface area contributed by atoms with Gasteiger partial charge in [-0.05, 0) is 52.0 Å². The molecule has 1 N–H and O–H groups in total. The number of aryl methyl sites for hydroxylation is 2. The number of rotatable bonds is 9. The molecular formula is C16H28ClN3O. The lowest BCUT2D eigenvalue weighted by molar-refractivity contribution is 0.0192. The van der Waals surface area contributed by atoms with Gasteiger partial charge in [-0.1, -0.05) is 18.5 Å². The van der Waals surface area contributed by atoms with Gasteiger partial charge in [0.2, 0.25) is 0 Å². The van der Waals surface area contributed by atoms with Crippen LogP contribution in [-0.2, 0) is 18.2 Å². The fraction of sp³-hybridized carbons (Fsp3) is 0.812. The van der Waals surface area contributed by atoms with Crippen LogP contribution in [0, 0.1) is 12.8 Å². The maximum absolute atomic E-state index is 6.40. The molecule has 1 aromatic heterocycles. The standard InChI is InChI=1S/C16H28ClN3O/c1-5-9-18-14(15(21-6-2)12-7-8-12)10-13-11(3)19-20(4)16(13)17/h12,14-15,18H,5-10H2,1-4H3. The summed E-state index contributed by atoms with van der Waals surface area (Å²) in [6.45, 7) is 8.09. The zero-order valence-electron chi connectivity index (χ0n) is 13.7. The first-order chi connectivity index (χ1) is 10.1. The van der Waals surface area contributed by atoms with E-state index >= 15 is 0 Å². The van der Waals surface area contributed by atoms with Gasteiger partial charge in [-0.25, -0.2) is 0 Å². The number of halogens is 1. The van der Waals surface area contributed by atoms with Crippen LogP contribution < -0.4 is 5.32 Å². The van der Waals surface area contributed by atoms with Gasteiger partial charge >= 0.3 is 0 Å². The van der Waals surface area contributed by atoms with E-state index in [1.54, 1.807) is 4.68 Å². The van der Waals surface area contributed by atoms with Crippen LogP contribution in [0.3, 0.4) is 0 Å². The molecule has 0 aromatic carbocycles. The predicted octanol–water partition coefficient (Wildman–Crippen LogP) is 3.11. The third-order valence-corrected chi connectivity index (χ3v) is 4.67. The number of hydrogen-bond acceptors (Lipinski definition) is 3. The summed E-state index contributed by atoms with van der Waals surface area (Å²) >= 11 is 6.40. The minimum Gasteiger partial charge on any atom is -0.377 e. The van der Waals surface area contributed by atoms with Gasteiger partial charge < -0.3 is 10.1 Å². The highest BCUT2D eigenvalue weighted by Crippen LogP contribution is 2.37. The largest absolute Gasteiger partial charge is 0.377 e. The summed E-state index contributed by atoms with van der Waals surface area (Å²) in [5.41, 5.74) is 2.18. The van der Waals surface area contributed by atoms with Crippen LogP contribution in [0.4, 0.5) is 0 Å². The van der Waals surface area contributed by atoms with Crippen LogP contribution in [-0.4, -0.2) is 35.1 Å². The lowest BCUT2D eigenvalue weighted by Crippen LogP contribution is -2.44. The van der Waals surface area contributed by atoms with E-state index in [1.165, 1.54) is 12.8 Å². The average molecular weight is 314 g/mol. The topological polar surface area (TPSA) is 39.1 Å². The van der Waals surface area contributed by atoms with Crippen LogP contribution in [0.5, 0.6) is 0 Å². The molecule has 2 atom stereocenters. The van der Waals surface area contributed by atoms with Gasteiger partial charge in [0, 0.05) is 25.3 Å². The van der Waals surface area contributed by atoms with Crippen molar-refractivity contribution in [3.63, 3.8) is 0 Å². The summed E-state index contributed by atoms with van der Waals surface area (Å²) in [4.78, 5) is 0. The third-order valence-electron chi connectivity index (χ3n) is 4.19. The Bertz CT molecular complexity index is 457. The molecule has 1 aliphatic carbocycles. The first-order valence-electron chi connectivity index (χ1n) is 8.11. The molecule has 2 rings (SSSR count).